The van der Waals surface area contributed by atoms with Gasteiger partial charge in [0.15, 0.2) is 0 Å². The van der Waals surface area contributed by atoms with Gasteiger partial charge >= 0.3 is 0 Å². The molecule has 0 aromatic rings. The van der Waals surface area contributed by atoms with Crippen LogP contribution in [0.15, 0.2) is 12.7 Å². The van der Waals surface area contributed by atoms with Crippen LogP contribution in [0, 0.1) is 11.8 Å². The molecule has 1 aliphatic rings. The van der Waals surface area contributed by atoms with Gasteiger partial charge in [0.1, 0.15) is 5.78 Å². The molecule has 1 N–H and O–H groups in total. The summed E-state index contributed by atoms with van der Waals surface area (Å²) in [5.41, 5.74) is 0. The van der Waals surface area contributed by atoms with E-state index in [1.54, 1.807) is 0 Å². The van der Waals surface area contributed by atoms with E-state index in [9.17, 15) is 4.79 Å². The number of allylic oxidation sites excluding steroid dienone is 1. The maximum Gasteiger partial charge on any atom is 0.138 e. The van der Waals surface area contributed by atoms with Crippen molar-refractivity contribution in [2.45, 2.75) is 39.0 Å². The van der Waals surface area contributed by atoms with E-state index < -0.39 is 0 Å². The third-order valence-corrected chi connectivity index (χ3v) is 3.29. The number of carbonyl (C=O) groups excluding carboxylic acids is 1. The topological polar surface area (TPSA) is 29.1 Å². The number of hydrogen-bond donors (Lipinski definition) is 1. The number of piperidine rings is 1. The van der Waals surface area contributed by atoms with Crippen molar-refractivity contribution in [2.24, 2.45) is 11.8 Å². The molecule has 0 aromatic heterocycles. The van der Waals surface area contributed by atoms with Gasteiger partial charge in [-0.1, -0.05) is 25.8 Å². The van der Waals surface area contributed by atoms with Crippen LogP contribution in [0.3, 0.4) is 0 Å². The van der Waals surface area contributed by atoms with Gasteiger partial charge < -0.3 is 5.32 Å². The molecule has 1 rings (SSSR count). The van der Waals surface area contributed by atoms with Gasteiger partial charge in [-0.3, -0.25) is 4.79 Å². The molecule has 0 spiro atoms. The number of hydrogen-bond acceptors (Lipinski definition) is 2. The highest BCUT2D eigenvalue weighted by atomic mass is 16.1. The van der Waals surface area contributed by atoms with Gasteiger partial charge in [-0.25, -0.2) is 0 Å². The summed E-state index contributed by atoms with van der Waals surface area (Å²) in [5.74, 6) is 1.21. The van der Waals surface area contributed by atoms with Crippen LogP contribution in [-0.4, -0.2) is 18.9 Å². The summed E-state index contributed by atoms with van der Waals surface area (Å²) in [6.45, 7) is 7.74. The average molecular weight is 209 g/mol. The smallest absolute Gasteiger partial charge is 0.138 e. The monoisotopic (exact) mass is 209 g/mol. The summed E-state index contributed by atoms with van der Waals surface area (Å²) in [6, 6.07) is 0. The third-order valence-electron chi connectivity index (χ3n) is 3.29. The van der Waals surface area contributed by atoms with Crippen LogP contribution in [0.4, 0.5) is 0 Å². The molecule has 0 radical (unpaired) electrons. The van der Waals surface area contributed by atoms with Crippen LogP contribution >= 0.6 is 0 Å². The zero-order valence-electron chi connectivity index (χ0n) is 9.80. The van der Waals surface area contributed by atoms with Gasteiger partial charge in [0.05, 0.1) is 0 Å². The molecule has 86 valence electrons. The zero-order valence-corrected chi connectivity index (χ0v) is 9.80. The minimum atomic E-state index is 0.239. The lowest BCUT2D eigenvalue weighted by Gasteiger charge is -2.29. The number of ketones is 1. The van der Waals surface area contributed by atoms with Crippen LogP contribution in [0.25, 0.3) is 0 Å². The highest BCUT2D eigenvalue weighted by Crippen LogP contribution is 2.25. The molecule has 0 aromatic carbocycles. The second-order valence-electron chi connectivity index (χ2n) is 4.45. The van der Waals surface area contributed by atoms with Crippen LogP contribution in [0.2, 0.25) is 0 Å². The number of rotatable bonds is 6. The fourth-order valence-electron chi connectivity index (χ4n) is 2.36. The second kappa shape index (κ2) is 6.78. The quantitative estimate of drug-likeness (QED) is 0.681. The Morgan fingerprint density at radius 3 is 3.07 bits per heavy atom. The Kier molecular flexibility index (Phi) is 5.62. The van der Waals surface area contributed by atoms with Crippen LogP contribution in [0.5, 0.6) is 0 Å². The third kappa shape index (κ3) is 3.78. The molecule has 0 aliphatic carbocycles. The maximum atomic E-state index is 11.8. The number of nitrogens with one attached hydrogen (secondary N) is 1. The summed E-state index contributed by atoms with van der Waals surface area (Å²) >= 11 is 0. The van der Waals surface area contributed by atoms with E-state index in [2.05, 4.69) is 18.8 Å². The lowest BCUT2D eigenvalue weighted by atomic mass is 9.80. The molecule has 1 fully saturated rings. The normalized spacial score (nSPS) is 23.8. The number of carbonyl (C=O) groups is 1. The summed E-state index contributed by atoms with van der Waals surface area (Å²) in [4.78, 5) is 11.8. The Bertz CT molecular complexity index is 213. The Morgan fingerprint density at radius 2 is 2.47 bits per heavy atom. The fourth-order valence-corrected chi connectivity index (χ4v) is 2.36. The molecule has 0 saturated carbocycles. The van der Waals surface area contributed by atoms with Gasteiger partial charge in [0.25, 0.3) is 0 Å². The molecular formula is C13H23NO. The lowest BCUT2D eigenvalue weighted by molar-refractivity contribution is -0.125. The molecule has 15 heavy (non-hydrogen) atoms. The summed E-state index contributed by atoms with van der Waals surface area (Å²) < 4.78 is 0. The summed E-state index contributed by atoms with van der Waals surface area (Å²) in [7, 11) is 0. The van der Waals surface area contributed by atoms with Crippen LogP contribution < -0.4 is 5.32 Å². The highest BCUT2D eigenvalue weighted by Gasteiger charge is 2.28. The van der Waals surface area contributed by atoms with Gasteiger partial charge in [-0.15, -0.1) is 6.58 Å². The SMILES string of the molecule is C=CCC(CCCC)C1CNCCC1=O. The maximum absolute atomic E-state index is 11.8. The predicted octanol–water partition coefficient (Wildman–Crippen LogP) is 2.55. The fraction of sp³-hybridized carbons (Fsp3) is 0.769. The number of Topliss-reactive ketones (excluding diaryl/α,β-unsaturated/α-hetero) is 1. The van der Waals surface area contributed by atoms with Crippen molar-refractivity contribution in [1.29, 1.82) is 0 Å². The molecule has 2 unspecified atom stereocenters. The van der Waals surface area contributed by atoms with Crippen molar-refractivity contribution >= 4 is 5.78 Å². The van der Waals surface area contributed by atoms with Crippen LogP contribution in [0.1, 0.15) is 39.0 Å². The largest absolute Gasteiger partial charge is 0.316 e. The van der Waals surface area contributed by atoms with E-state index in [0.29, 0.717) is 18.1 Å². The molecule has 2 nitrogen and oxygen atoms in total. The van der Waals surface area contributed by atoms with Crippen molar-refractivity contribution in [1.82, 2.24) is 5.32 Å². The Labute approximate surface area is 93.1 Å². The van der Waals surface area contributed by atoms with Crippen molar-refractivity contribution in [3.63, 3.8) is 0 Å². The Balaban J connectivity index is 2.51. The summed E-state index contributed by atoms with van der Waals surface area (Å²) in [5, 5.41) is 3.33. The molecule has 2 heteroatoms. The second-order valence-corrected chi connectivity index (χ2v) is 4.45. The van der Waals surface area contributed by atoms with Gasteiger partial charge in [0, 0.05) is 25.4 Å². The zero-order chi connectivity index (χ0) is 11.1. The molecule has 2 atom stereocenters. The van der Waals surface area contributed by atoms with E-state index in [-0.39, 0.29) is 5.92 Å². The highest BCUT2D eigenvalue weighted by molar-refractivity contribution is 5.82. The van der Waals surface area contributed by atoms with E-state index >= 15 is 0 Å². The predicted molar refractivity (Wildman–Crippen MR) is 63.8 cm³/mol. The van der Waals surface area contributed by atoms with Gasteiger partial charge in [-0.05, 0) is 18.8 Å². The standard InChI is InChI=1S/C13H23NO/c1-3-5-7-11(6-4-2)12-10-14-9-8-13(12)15/h4,11-12,14H,2-3,5-10H2,1H3. The Hall–Kier alpha value is -0.630. The van der Waals surface area contributed by atoms with Gasteiger partial charge in [0.2, 0.25) is 0 Å². The average Bonchev–Trinajstić information content (AvgIpc) is 2.25. The van der Waals surface area contributed by atoms with E-state index in [1.807, 2.05) is 6.08 Å². The first-order valence-corrected chi connectivity index (χ1v) is 6.14. The number of unbranched alkanes of at least 4 members (excludes halogenated alkanes) is 1. The minimum absolute atomic E-state index is 0.239. The van der Waals surface area contributed by atoms with Crippen molar-refractivity contribution in [2.75, 3.05) is 13.1 Å². The van der Waals surface area contributed by atoms with Crippen molar-refractivity contribution in [3.05, 3.63) is 12.7 Å². The lowest BCUT2D eigenvalue weighted by Crippen LogP contribution is -2.40. The molecule has 0 bridgehead atoms. The van der Waals surface area contributed by atoms with Crippen molar-refractivity contribution < 1.29 is 4.79 Å². The van der Waals surface area contributed by atoms with Crippen molar-refractivity contribution in [3.8, 4) is 0 Å². The summed E-state index contributed by atoms with van der Waals surface area (Å²) in [6.07, 6.45) is 7.26. The molecule has 1 heterocycles. The first kappa shape index (κ1) is 12.4. The van der Waals surface area contributed by atoms with Gasteiger partial charge in [-0.2, -0.15) is 0 Å². The minimum Gasteiger partial charge on any atom is -0.316 e. The Morgan fingerprint density at radius 1 is 1.67 bits per heavy atom. The molecule has 1 aliphatic heterocycles. The van der Waals surface area contributed by atoms with E-state index in [4.69, 9.17) is 0 Å². The first-order chi connectivity index (χ1) is 7.29. The molecular weight excluding hydrogens is 186 g/mol. The molecule has 1 saturated heterocycles. The molecule has 0 amide bonds. The van der Waals surface area contributed by atoms with E-state index in [1.165, 1.54) is 19.3 Å². The first-order valence-electron chi connectivity index (χ1n) is 6.14. The van der Waals surface area contributed by atoms with Crippen LogP contribution in [-0.2, 0) is 4.79 Å². The van der Waals surface area contributed by atoms with E-state index in [0.717, 1.165) is 19.5 Å².